The molecule has 3 aliphatic rings. The van der Waals surface area contributed by atoms with E-state index in [1.165, 1.54) is 51.0 Å². The first-order valence-electron chi connectivity index (χ1n) is 9.17. The molecule has 6 nitrogen and oxygen atoms in total. The fourth-order valence-corrected chi connectivity index (χ4v) is 4.50. The van der Waals surface area contributed by atoms with Crippen LogP contribution in [0.5, 0.6) is 11.5 Å². The van der Waals surface area contributed by atoms with Crippen LogP contribution >= 0.6 is 12.4 Å². The molecule has 2 N–H and O–H groups in total. The minimum Gasteiger partial charge on any atom is -0.454 e. The maximum absolute atomic E-state index is 5.51. The first-order chi connectivity index (χ1) is 12.3. The smallest absolute Gasteiger partial charge is 0.231 e. The van der Waals surface area contributed by atoms with E-state index in [9.17, 15) is 0 Å². The molecule has 0 bridgehead atoms. The Kier molecular flexibility index (Phi) is 4.82. The summed E-state index contributed by atoms with van der Waals surface area (Å²) in [6.07, 6.45) is 5.91. The highest BCUT2D eigenvalue weighted by Gasteiger charge is 2.38. The minimum absolute atomic E-state index is 0. The van der Waals surface area contributed by atoms with Crippen LogP contribution in [-0.4, -0.2) is 48.1 Å². The average molecular weight is 377 g/mol. The summed E-state index contributed by atoms with van der Waals surface area (Å²) in [4.78, 5) is 2.59. The largest absolute Gasteiger partial charge is 0.454 e. The summed E-state index contributed by atoms with van der Waals surface area (Å²) < 4.78 is 10.9. The Morgan fingerprint density at radius 3 is 2.85 bits per heavy atom. The van der Waals surface area contributed by atoms with Crippen molar-refractivity contribution in [3.63, 3.8) is 0 Å². The standard InChI is InChI=1S/C19H24N4O2.ClH/c1-2-16-17(25-13-24-16)9-14(1)18-15(10-21-22-18)11-23-8-5-19(12-23)3-6-20-7-4-19;/h1-2,9-10,20H,3-8,11-13H2,(H,21,22);1H. The van der Waals surface area contributed by atoms with Crippen LogP contribution in [0.1, 0.15) is 24.8 Å². The summed E-state index contributed by atoms with van der Waals surface area (Å²) in [7, 11) is 0. The number of H-pyrrole nitrogens is 1. The molecule has 4 heterocycles. The molecule has 7 heteroatoms. The van der Waals surface area contributed by atoms with E-state index in [4.69, 9.17) is 9.47 Å². The highest BCUT2D eigenvalue weighted by molar-refractivity contribution is 5.85. The molecule has 1 spiro atoms. The van der Waals surface area contributed by atoms with Crippen LogP contribution in [0.2, 0.25) is 0 Å². The second-order valence-corrected chi connectivity index (χ2v) is 7.55. The van der Waals surface area contributed by atoms with Gasteiger partial charge in [0.25, 0.3) is 0 Å². The third-order valence-corrected chi connectivity index (χ3v) is 5.95. The lowest BCUT2D eigenvalue weighted by Crippen LogP contribution is -2.38. The van der Waals surface area contributed by atoms with Gasteiger partial charge in [-0.25, -0.2) is 0 Å². The summed E-state index contributed by atoms with van der Waals surface area (Å²) in [5.74, 6) is 1.63. The second kappa shape index (κ2) is 7.10. The summed E-state index contributed by atoms with van der Waals surface area (Å²) in [5.41, 5.74) is 3.98. The van der Waals surface area contributed by atoms with Crippen molar-refractivity contribution in [2.24, 2.45) is 5.41 Å². The number of ether oxygens (including phenoxy) is 2. The maximum atomic E-state index is 5.51. The number of aromatic nitrogens is 2. The minimum atomic E-state index is 0. The lowest BCUT2D eigenvalue weighted by atomic mass is 9.78. The monoisotopic (exact) mass is 376 g/mol. The first kappa shape index (κ1) is 17.6. The third-order valence-electron chi connectivity index (χ3n) is 5.95. The lowest BCUT2D eigenvalue weighted by Gasteiger charge is -2.33. The highest BCUT2D eigenvalue weighted by atomic mass is 35.5. The average Bonchev–Trinajstić information content (AvgIpc) is 3.36. The van der Waals surface area contributed by atoms with Crippen LogP contribution in [-0.2, 0) is 6.54 Å². The molecule has 1 aromatic heterocycles. The summed E-state index contributed by atoms with van der Waals surface area (Å²) in [5, 5.41) is 11.0. The molecule has 140 valence electrons. The fraction of sp³-hybridized carbons (Fsp3) is 0.526. The molecule has 26 heavy (non-hydrogen) atoms. The maximum Gasteiger partial charge on any atom is 0.231 e. The van der Waals surface area contributed by atoms with E-state index in [0.29, 0.717) is 12.2 Å². The van der Waals surface area contributed by atoms with Crippen molar-refractivity contribution in [3.05, 3.63) is 30.0 Å². The van der Waals surface area contributed by atoms with Gasteiger partial charge in [0, 0.05) is 24.2 Å². The number of hydrogen-bond donors (Lipinski definition) is 2. The lowest BCUT2D eigenvalue weighted by molar-refractivity contribution is 0.174. The molecule has 0 radical (unpaired) electrons. The van der Waals surface area contributed by atoms with Crippen molar-refractivity contribution < 1.29 is 9.47 Å². The van der Waals surface area contributed by atoms with E-state index in [1.807, 2.05) is 18.3 Å². The van der Waals surface area contributed by atoms with Crippen LogP contribution < -0.4 is 14.8 Å². The van der Waals surface area contributed by atoms with Crippen molar-refractivity contribution in [2.45, 2.75) is 25.8 Å². The van der Waals surface area contributed by atoms with Gasteiger partial charge in [0.05, 0.1) is 11.9 Å². The zero-order valence-corrected chi connectivity index (χ0v) is 15.6. The van der Waals surface area contributed by atoms with Crippen LogP contribution in [0.25, 0.3) is 11.3 Å². The SMILES string of the molecule is Cl.c1cc2c(cc1-c1[nH]ncc1CN1CCC3(CCNCC3)C1)OCO2. The molecule has 0 saturated carbocycles. The number of likely N-dealkylation sites (tertiary alicyclic amines) is 1. The number of piperidine rings is 1. The normalized spacial score (nSPS) is 21.1. The van der Waals surface area contributed by atoms with Gasteiger partial charge in [-0.05, 0) is 62.5 Å². The van der Waals surface area contributed by atoms with Crippen LogP contribution in [0.4, 0.5) is 0 Å². The second-order valence-electron chi connectivity index (χ2n) is 7.55. The van der Waals surface area contributed by atoms with Gasteiger partial charge in [-0.1, -0.05) is 0 Å². The number of hydrogen-bond acceptors (Lipinski definition) is 5. The Bertz CT molecular complexity index is 773. The first-order valence-corrected chi connectivity index (χ1v) is 9.17. The topological polar surface area (TPSA) is 62.4 Å². The zero-order valence-electron chi connectivity index (χ0n) is 14.8. The van der Waals surface area contributed by atoms with Crippen molar-refractivity contribution in [1.29, 1.82) is 0 Å². The quantitative estimate of drug-likeness (QED) is 0.862. The van der Waals surface area contributed by atoms with E-state index in [1.54, 1.807) is 0 Å². The van der Waals surface area contributed by atoms with Gasteiger partial charge in [-0.15, -0.1) is 12.4 Å². The molecular formula is C19H25ClN4O2. The van der Waals surface area contributed by atoms with E-state index in [0.717, 1.165) is 29.3 Å². The summed E-state index contributed by atoms with van der Waals surface area (Å²) >= 11 is 0. The summed E-state index contributed by atoms with van der Waals surface area (Å²) in [6.45, 7) is 5.99. The third kappa shape index (κ3) is 3.17. The van der Waals surface area contributed by atoms with E-state index < -0.39 is 0 Å². The molecular weight excluding hydrogens is 352 g/mol. The molecule has 3 aliphatic heterocycles. The Labute approximate surface area is 159 Å². The van der Waals surface area contributed by atoms with E-state index in [2.05, 4.69) is 26.5 Å². The number of rotatable bonds is 3. The molecule has 0 amide bonds. The molecule has 1 aromatic carbocycles. The molecule has 2 saturated heterocycles. The van der Waals surface area contributed by atoms with Crippen LogP contribution in [0.3, 0.4) is 0 Å². The van der Waals surface area contributed by atoms with Gasteiger partial charge in [0.2, 0.25) is 6.79 Å². The van der Waals surface area contributed by atoms with Gasteiger partial charge < -0.3 is 14.8 Å². The van der Waals surface area contributed by atoms with Gasteiger partial charge >= 0.3 is 0 Å². The number of benzene rings is 1. The Morgan fingerprint density at radius 2 is 1.96 bits per heavy atom. The number of nitrogens with one attached hydrogen (secondary N) is 2. The van der Waals surface area contributed by atoms with Gasteiger partial charge in [-0.3, -0.25) is 10.00 Å². The molecule has 5 rings (SSSR count). The predicted octanol–water partition coefficient (Wildman–Crippen LogP) is 2.80. The number of nitrogens with zero attached hydrogens (tertiary/aromatic N) is 2. The van der Waals surface area contributed by atoms with Crippen LogP contribution in [0.15, 0.2) is 24.4 Å². The summed E-state index contributed by atoms with van der Waals surface area (Å²) in [6, 6.07) is 6.09. The van der Waals surface area contributed by atoms with Crippen LogP contribution in [0, 0.1) is 5.41 Å². The Balaban J connectivity index is 0.00000168. The highest BCUT2D eigenvalue weighted by Crippen LogP contribution is 2.40. The van der Waals surface area contributed by atoms with Crippen molar-refractivity contribution in [1.82, 2.24) is 20.4 Å². The van der Waals surface area contributed by atoms with Crippen molar-refractivity contribution in [3.8, 4) is 22.8 Å². The number of fused-ring (bicyclic) bond motifs is 1. The zero-order chi connectivity index (χ0) is 16.7. The van der Waals surface area contributed by atoms with Gasteiger partial charge in [0.15, 0.2) is 11.5 Å². The van der Waals surface area contributed by atoms with Crippen molar-refractivity contribution in [2.75, 3.05) is 33.0 Å². The molecule has 0 atom stereocenters. The molecule has 0 aliphatic carbocycles. The molecule has 2 aromatic rings. The van der Waals surface area contributed by atoms with E-state index >= 15 is 0 Å². The number of aromatic amines is 1. The Hall–Kier alpha value is -1.76. The van der Waals surface area contributed by atoms with Gasteiger partial charge in [-0.2, -0.15) is 5.10 Å². The fourth-order valence-electron chi connectivity index (χ4n) is 4.50. The molecule has 2 fully saturated rings. The predicted molar refractivity (Wildman–Crippen MR) is 102 cm³/mol. The molecule has 0 unspecified atom stereocenters. The number of halogens is 1. The van der Waals surface area contributed by atoms with E-state index in [-0.39, 0.29) is 12.4 Å². The van der Waals surface area contributed by atoms with Gasteiger partial charge in [0.1, 0.15) is 0 Å². The Morgan fingerprint density at radius 1 is 1.12 bits per heavy atom. The van der Waals surface area contributed by atoms with Crippen molar-refractivity contribution >= 4 is 12.4 Å².